The molecule has 1 atom stereocenters. The van der Waals surface area contributed by atoms with Crippen molar-refractivity contribution in [3.05, 3.63) is 11.3 Å². The first kappa shape index (κ1) is 21.0. The minimum absolute atomic E-state index is 0.0857. The van der Waals surface area contributed by atoms with E-state index in [-0.39, 0.29) is 18.0 Å². The molecule has 0 fully saturated rings. The summed E-state index contributed by atoms with van der Waals surface area (Å²) in [5.74, 6) is -0.709. The second kappa shape index (κ2) is 8.59. The van der Waals surface area contributed by atoms with Gasteiger partial charge in [-0.2, -0.15) is 13.2 Å². The lowest BCUT2D eigenvalue weighted by atomic mass is 9.73. The summed E-state index contributed by atoms with van der Waals surface area (Å²) in [4.78, 5) is 12.8. The van der Waals surface area contributed by atoms with Crippen molar-refractivity contribution >= 4 is 5.78 Å². The normalized spacial score (nSPS) is 15.3. The molecule has 130 valence electrons. The minimum atomic E-state index is -4.27. The van der Waals surface area contributed by atoms with Crippen molar-refractivity contribution in [1.82, 2.24) is 0 Å². The largest absolute Gasteiger partial charge is 0.500 e. The van der Waals surface area contributed by atoms with Gasteiger partial charge in [-0.15, -0.1) is 0 Å². The molecule has 22 heavy (non-hydrogen) atoms. The zero-order valence-electron chi connectivity index (χ0n) is 14.6. The predicted octanol–water partition coefficient (Wildman–Crippen LogP) is 5.67. The van der Waals surface area contributed by atoms with Crippen LogP contribution in [0.4, 0.5) is 13.2 Å². The third-order valence-corrected chi connectivity index (χ3v) is 4.78. The number of halogens is 3. The van der Waals surface area contributed by atoms with E-state index in [1.54, 1.807) is 13.8 Å². The van der Waals surface area contributed by atoms with Gasteiger partial charge in [0.2, 0.25) is 0 Å². The highest BCUT2D eigenvalue weighted by molar-refractivity contribution is 5.99. The van der Waals surface area contributed by atoms with Gasteiger partial charge in [-0.05, 0) is 32.6 Å². The Hall–Kier alpha value is -1.00. The average Bonchev–Trinajstić information content (AvgIpc) is 2.47. The fourth-order valence-corrected chi connectivity index (χ4v) is 3.07. The summed E-state index contributed by atoms with van der Waals surface area (Å²) in [5.41, 5.74) is -0.172. The molecule has 0 aromatic heterocycles. The molecule has 0 N–H and O–H groups in total. The zero-order valence-corrected chi connectivity index (χ0v) is 14.6. The van der Waals surface area contributed by atoms with E-state index in [4.69, 9.17) is 4.74 Å². The summed E-state index contributed by atoms with van der Waals surface area (Å²) in [7, 11) is 1.34. The van der Waals surface area contributed by atoms with E-state index >= 15 is 0 Å². The number of ketones is 1. The molecule has 0 aromatic rings. The number of methoxy groups -OCH3 is 1. The van der Waals surface area contributed by atoms with E-state index in [0.717, 1.165) is 0 Å². The van der Waals surface area contributed by atoms with Crippen LogP contribution in [0.25, 0.3) is 0 Å². The number of carbonyl (C=O) groups excluding carboxylic acids is 1. The van der Waals surface area contributed by atoms with Crippen molar-refractivity contribution in [3.63, 3.8) is 0 Å². The maximum atomic E-state index is 12.8. The Bertz CT molecular complexity index is 385. The molecule has 1 unspecified atom stereocenters. The summed E-state index contributed by atoms with van der Waals surface area (Å²) in [5, 5.41) is 0. The molecule has 0 saturated heterocycles. The summed E-state index contributed by atoms with van der Waals surface area (Å²) < 4.78 is 43.4. The van der Waals surface area contributed by atoms with Gasteiger partial charge in [0.15, 0.2) is 5.78 Å². The van der Waals surface area contributed by atoms with E-state index < -0.39 is 23.9 Å². The highest BCUT2D eigenvalue weighted by atomic mass is 19.4. The van der Waals surface area contributed by atoms with Crippen LogP contribution in [0.15, 0.2) is 11.3 Å². The molecule has 0 aromatic carbocycles. The first-order valence-electron chi connectivity index (χ1n) is 7.98. The lowest BCUT2D eigenvalue weighted by molar-refractivity contribution is -0.145. The number of alkyl halides is 3. The first-order chi connectivity index (χ1) is 10.1. The van der Waals surface area contributed by atoms with Crippen LogP contribution in [0.5, 0.6) is 0 Å². The molecule has 0 spiro atoms. The van der Waals surface area contributed by atoms with Crippen molar-refractivity contribution in [2.24, 2.45) is 11.3 Å². The van der Waals surface area contributed by atoms with Gasteiger partial charge in [0, 0.05) is 16.9 Å². The van der Waals surface area contributed by atoms with Gasteiger partial charge in [-0.1, -0.05) is 27.7 Å². The standard InChI is InChI=1S/C17H29F3O2/c1-7-13(11-17(18,19)20)14(22-6)12(5)15(21)16(8-2,9-3)10-4/h13H,7-11H2,1-6H3/b14-12-. The van der Waals surface area contributed by atoms with E-state index in [1.165, 1.54) is 7.11 Å². The van der Waals surface area contributed by atoms with E-state index in [0.29, 0.717) is 24.8 Å². The van der Waals surface area contributed by atoms with Gasteiger partial charge in [-0.25, -0.2) is 0 Å². The van der Waals surface area contributed by atoms with Crippen LogP contribution in [-0.2, 0) is 9.53 Å². The average molecular weight is 322 g/mol. The molecule has 5 heteroatoms. The number of carbonyl (C=O) groups is 1. The Labute approximate surface area is 132 Å². The fraction of sp³-hybridized carbons (Fsp3) is 0.824. The van der Waals surface area contributed by atoms with Gasteiger partial charge in [0.05, 0.1) is 13.5 Å². The zero-order chi connectivity index (χ0) is 17.6. The summed E-state index contributed by atoms with van der Waals surface area (Å²) in [6.45, 7) is 9.10. The lowest BCUT2D eigenvalue weighted by Crippen LogP contribution is -2.31. The van der Waals surface area contributed by atoms with Gasteiger partial charge in [0.1, 0.15) is 5.76 Å². The van der Waals surface area contributed by atoms with Crippen LogP contribution >= 0.6 is 0 Å². The topological polar surface area (TPSA) is 26.3 Å². The molecule has 2 nitrogen and oxygen atoms in total. The number of rotatable bonds is 9. The van der Waals surface area contributed by atoms with Crippen LogP contribution in [-0.4, -0.2) is 19.1 Å². The van der Waals surface area contributed by atoms with Gasteiger partial charge < -0.3 is 4.74 Å². The van der Waals surface area contributed by atoms with Crippen LogP contribution in [0, 0.1) is 11.3 Å². The number of allylic oxidation sites excluding steroid dienone is 2. The lowest BCUT2D eigenvalue weighted by Gasteiger charge is -2.31. The van der Waals surface area contributed by atoms with Gasteiger partial charge >= 0.3 is 6.18 Å². The quantitative estimate of drug-likeness (QED) is 0.404. The highest BCUT2D eigenvalue weighted by Crippen LogP contribution is 2.38. The van der Waals surface area contributed by atoms with Crippen molar-refractivity contribution < 1.29 is 22.7 Å². The smallest absolute Gasteiger partial charge is 0.389 e. The predicted molar refractivity (Wildman–Crippen MR) is 82.5 cm³/mol. The first-order valence-corrected chi connectivity index (χ1v) is 7.98. The Morgan fingerprint density at radius 3 is 1.77 bits per heavy atom. The SMILES string of the molecule is CCC(CC(F)(F)F)/C(OC)=C(\C)C(=O)C(CC)(CC)CC. The number of hydrogen-bond donors (Lipinski definition) is 0. The van der Waals surface area contributed by atoms with E-state index in [1.807, 2.05) is 20.8 Å². The van der Waals surface area contributed by atoms with Crippen LogP contribution in [0.1, 0.15) is 66.7 Å². The molecular formula is C17H29F3O2. The van der Waals surface area contributed by atoms with Crippen molar-refractivity contribution in [3.8, 4) is 0 Å². The summed E-state index contributed by atoms with van der Waals surface area (Å²) >= 11 is 0. The molecule has 0 saturated carbocycles. The molecule has 0 aliphatic carbocycles. The number of ether oxygens (including phenoxy) is 1. The summed E-state index contributed by atoms with van der Waals surface area (Å²) in [6, 6.07) is 0. The molecule has 0 aliphatic heterocycles. The van der Waals surface area contributed by atoms with E-state index in [9.17, 15) is 18.0 Å². The molecule has 0 heterocycles. The monoisotopic (exact) mass is 322 g/mol. The maximum Gasteiger partial charge on any atom is 0.389 e. The summed E-state index contributed by atoms with van der Waals surface area (Å²) in [6.07, 6.45) is -2.94. The molecule has 0 radical (unpaired) electrons. The van der Waals surface area contributed by atoms with E-state index in [2.05, 4.69) is 0 Å². The highest BCUT2D eigenvalue weighted by Gasteiger charge is 2.38. The maximum absolute atomic E-state index is 12.8. The van der Waals surface area contributed by atoms with Crippen LogP contribution in [0.2, 0.25) is 0 Å². The second-order valence-corrected chi connectivity index (χ2v) is 5.79. The molecule has 0 rings (SSSR count). The van der Waals surface area contributed by atoms with Crippen LogP contribution in [0.3, 0.4) is 0 Å². The van der Waals surface area contributed by atoms with Crippen molar-refractivity contribution in [2.45, 2.75) is 72.9 Å². The van der Waals surface area contributed by atoms with Crippen LogP contribution < -0.4 is 0 Å². The third-order valence-electron chi connectivity index (χ3n) is 4.78. The Morgan fingerprint density at radius 2 is 1.50 bits per heavy atom. The minimum Gasteiger partial charge on any atom is -0.500 e. The van der Waals surface area contributed by atoms with Crippen molar-refractivity contribution in [2.75, 3.05) is 7.11 Å². The molecule has 0 aliphatic rings. The Morgan fingerprint density at radius 1 is 1.05 bits per heavy atom. The third kappa shape index (κ3) is 5.03. The number of Topliss-reactive ketones (excluding diaryl/α,β-unsaturated/α-hetero) is 1. The van der Waals surface area contributed by atoms with Crippen molar-refractivity contribution in [1.29, 1.82) is 0 Å². The molecule has 0 amide bonds. The van der Waals surface area contributed by atoms with Gasteiger partial charge in [0.25, 0.3) is 0 Å². The van der Waals surface area contributed by atoms with Gasteiger partial charge in [-0.3, -0.25) is 4.79 Å². The molecule has 0 bridgehead atoms. The Balaban J connectivity index is 5.72. The fourth-order valence-electron chi connectivity index (χ4n) is 3.07. The molecular weight excluding hydrogens is 293 g/mol. The Kier molecular flexibility index (Phi) is 8.19. The number of hydrogen-bond acceptors (Lipinski definition) is 2. The second-order valence-electron chi connectivity index (χ2n) is 5.79.